The van der Waals surface area contributed by atoms with Crippen LogP contribution in [0.2, 0.25) is 0 Å². The van der Waals surface area contributed by atoms with E-state index in [0.29, 0.717) is 0 Å². The Labute approximate surface area is 112 Å². The van der Waals surface area contributed by atoms with Gasteiger partial charge >= 0.3 is 0 Å². The summed E-state index contributed by atoms with van der Waals surface area (Å²) < 4.78 is 0. The van der Waals surface area contributed by atoms with E-state index in [1.165, 1.54) is 11.1 Å². The van der Waals surface area contributed by atoms with Crippen LogP contribution in [0.15, 0.2) is 42.7 Å². The monoisotopic (exact) mass is 246 g/mol. The topological polar surface area (TPSA) is 28.7 Å². The molecule has 2 aromatic heterocycles. The summed E-state index contributed by atoms with van der Waals surface area (Å²) in [5.74, 6) is 6.55. The lowest BCUT2D eigenvalue weighted by molar-refractivity contribution is 1.32. The lowest BCUT2D eigenvalue weighted by atomic mass is 10.0. The summed E-state index contributed by atoms with van der Waals surface area (Å²) in [4.78, 5) is 7.37. The smallest absolute Gasteiger partial charge is 0.138 e. The van der Waals surface area contributed by atoms with Crippen molar-refractivity contribution < 1.29 is 0 Å². The van der Waals surface area contributed by atoms with E-state index < -0.39 is 0 Å². The zero-order valence-corrected chi connectivity index (χ0v) is 11.0. The number of hydrogen-bond donors (Lipinski definition) is 1. The molecule has 1 N–H and O–H groups in total. The van der Waals surface area contributed by atoms with Gasteiger partial charge in [-0.1, -0.05) is 30.0 Å². The summed E-state index contributed by atoms with van der Waals surface area (Å²) in [7, 11) is 0. The largest absolute Gasteiger partial charge is 0.346 e. The van der Waals surface area contributed by atoms with Gasteiger partial charge in [-0.2, -0.15) is 0 Å². The van der Waals surface area contributed by atoms with Gasteiger partial charge < -0.3 is 4.98 Å². The van der Waals surface area contributed by atoms with Gasteiger partial charge in [-0.25, -0.2) is 4.98 Å². The molecule has 0 atom stereocenters. The first-order valence-electron chi connectivity index (χ1n) is 6.26. The third-order valence-corrected chi connectivity index (χ3v) is 3.26. The molecule has 3 aromatic rings. The number of nitrogens with zero attached hydrogens (tertiary/aromatic N) is 1. The van der Waals surface area contributed by atoms with Gasteiger partial charge in [0.15, 0.2) is 0 Å². The molecule has 0 aliphatic rings. The number of H-pyrrole nitrogens is 1. The van der Waals surface area contributed by atoms with Gasteiger partial charge in [-0.05, 0) is 37.1 Å². The van der Waals surface area contributed by atoms with Crippen LogP contribution < -0.4 is 0 Å². The van der Waals surface area contributed by atoms with Crippen molar-refractivity contribution >= 4 is 11.0 Å². The number of aromatic nitrogens is 2. The van der Waals surface area contributed by atoms with Crippen LogP contribution in [0.3, 0.4) is 0 Å². The number of pyridine rings is 1. The molecule has 0 saturated heterocycles. The molecule has 3 rings (SSSR count). The second kappa shape index (κ2) is 4.62. The summed E-state index contributed by atoms with van der Waals surface area (Å²) in [5, 5.41) is 1.07. The second-order valence-corrected chi connectivity index (χ2v) is 4.62. The van der Waals surface area contributed by atoms with Crippen LogP contribution in [0.25, 0.3) is 11.0 Å². The molecule has 0 fully saturated rings. The van der Waals surface area contributed by atoms with Crippen LogP contribution in [0.4, 0.5) is 0 Å². The number of fused-ring (bicyclic) bond motifs is 1. The minimum atomic E-state index is 0.883. The molecule has 0 spiro atoms. The lowest BCUT2D eigenvalue weighted by Crippen LogP contribution is -1.87. The van der Waals surface area contributed by atoms with E-state index in [-0.39, 0.29) is 0 Å². The molecule has 2 heterocycles. The van der Waals surface area contributed by atoms with Gasteiger partial charge in [-0.3, -0.25) is 0 Å². The Kier molecular flexibility index (Phi) is 2.81. The van der Waals surface area contributed by atoms with E-state index in [4.69, 9.17) is 0 Å². The normalized spacial score (nSPS) is 10.2. The highest BCUT2D eigenvalue weighted by atomic mass is 14.8. The highest BCUT2D eigenvalue weighted by molar-refractivity contribution is 5.82. The molecule has 0 unspecified atom stereocenters. The molecule has 1 aromatic carbocycles. The summed E-state index contributed by atoms with van der Waals surface area (Å²) in [6, 6.07) is 10.2. The average molecular weight is 246 g/mol. The quantitative estimate of drug-likeness (QED) is 0.603. The first-order valence-corrected chi connectivity index (χ1v) is 6.26. The van der Waals surface area contributed by atoms with Gasteiger partial charge in [0.2, 0.25) is 0 Å². The highest BCUT2D eigenvalue weighted by Gasteiger charge is 2.01. The maximum Gasteiger partial charge on any atom is 0.138 e. The summed E-state index contributed by atoms with van der Waals surface area (Å²) in [5.41, 5.74) is 5.43. The van der Waals surface area contributed by atoms with Crippen LogP contribution in [0.5, 0.6) is 0 Å². The summed E-state index contributed by atoms with van der Waals surface area (Å²) in [6.45, 7) is 4.19. The van der Waals surface area contributed by atoms with Crippen LogP contribution in [-0.2, 0) is 0 Å². The predicted molar refractivity (Wildman–Crippen MR) is 78.0 cm³/mol. The molecule has 0 saturated carbocycles. The van der Waals surface area contributed by atoms with E-state index in [2.05, 4.69) is 53.9 Å². The number of rotatable bonds is 0. The number of aromatic amines is 1. The zero-order valence-electron chi connectivity index (χ0n) is 11.0. The minimum Gasteiger partial charge on any atom is -0.346 e. The van der Waals surface area contributed by atoms with Crippen molar-refractivity contribution in [2.24, 2.45) is 0 Å². The van der Waals surface area contributed by atoms with Crippen molar-refractivity contribution in [3.05, 3.63) is 65.0 Å². The van der Waals surface area contributed by atoms with Crippen LogP contribution in [0.1, 0.15) is 22.3 Å². The van der Waals surface area contributed by atoms with Crippen molar-refractivity contribution in [3.8, 4) is 11.8 Å². The Balaban J connectivity index is 2.12. The SMILES string of the molecule is Cc1cccc(C)c1C#Cc1ccnc2[nH]ccc12. The van der Waals surface area contributed by atoms with Crippen LogP contribution in [0, 0.1) is 25.7 Å². The second-order valence-electron chi connectivity index (χ2n) is 4.62. The number of aryl methyl sites for hydroxylation is 2. The molecule has 92 valence electrons. The average Bonchev–Trinajstić information content (AvgIpc) is 2.87. The fourth-order valence-electron chi connectivity index (χ4n) is 2.21. The molecule has 2 nitrogen and oxygen atoms in total. The van der Waals surface area contributed by atoms with E-state index in [1.54, 1.807) is 6.20 Å². The maximum absolute atomic E-state index is 4.27. The van der Waals surface area contributed by atoms with Crippen LogP contribution in [-0.4, -0.2) is 9.97 Å². The van der Waals surface area contributed by atoms with Crippen molar-refractivity contribution in [1.82, 2.24) is 9.97 Å². The molecule has 19 heavy (non-hydrogen) atoms. The Morgan fingerprint density at radius 2 is 1.79 bits per heavy atom. The van der Waals surface area contributed by atoms with Gasteiger partial charge in [0.05, 0.1) is 0 Å². The third kappa shape index (κ3) is 2.11. The number of nitrogens with one attached hydrogen (secondary N) is 1. The van der Waals surface area contributed by atoms with Gasteiger partial charge in [-0.15, -0.1) is 0 Å². The number of hydrogen-bond acceptors (Lipinski definition) is 1. The molecule has 0 aliphatic heterocycles. The molecule has 0 bridgehead atoms. The molecule has 0 amide bonds. The molecule has 2 heteroatoms. The Bertz CT molecular complexity index is 780. The van der Waals surface area contributed by atoms with Crippen LogP contribution >= 0.6 is 0 Å². The molecular formula is C17H14N2. The standard InChI is InChI=1S/C17H14N2/c1-12-4-3-5-13(2)15(12)7-6-14-8-10-18-17-16(14)9-11-19-17/h3-5,8-11H,1-2H3,(H,18,19). The Morgan fingerprint density at radius 3 is 2.58 bits per heavy atom. The number of benzene rings is 1. The fourth-order valence-corrected chi connectivity index (χ4v) is 2.21. The first kappa shape index (κ1) is 11.6. The Morgan fingerprint density at radius 1 is 1.00 bits per heavy atom. The minimum absolute atomic E-state index is 0.883. The highest BCUT2D eigenvalue weighted by Crippen LogP contribution is 2.15. The predicted octanol–water partition coefficient (Wildman–Crippen LogP) is 3.58. The van der Waals surface area contributed by atoms with Gasteiger partial charge in [0.25, 0.3) is 0 Å². The zero-order chi connectivity index (χ0) is 13.2. The van der Waals surface area contributed by atoms with Crippen molar-refractivity contribution in [2.75, 3.05) is 0 Å². The molecule has 0 aliphatic carbocycles. The van der Waals surface area contributed by atoms with E-state index in [1.807, 2.05) is 18.3 Å². The van der Waals surface area contributed by atoms with E-state index in [9.17, 15) is 0 Å². The first-order chi connectivity index (χ1) is 9.25. The van der Waals surface area contributed by atoms with Crippen molar-refractivity contribution in [3.63, 3.8) is 0 Å². The summed E-state index contributed by atoms with van der Waals surface area (Å²) in [6.07, 6.45) is 3.68. The molecule has 0 radical (unpaired) electrons. The van der Waals surface area contributed by atoms with Gasteiger partial charge in [0.1, 0.15) is 5.65 Å². The maximum atomic E-state index is 4.27. The van der Waals surface area contributed by atoms with E-state index >= 15 is 0 Å². The Hall–Kier alpha value is -2.53. The summed E-state index contributed by atoms with van der Waals surface area (Å²) >= 11 is 0. The van der Waals surface area contributed by atoms with Crippen molar-refractivity contribution in [2.45, 2.75) is 13.8 Å². The third-order valence-electron chi connectivity index (χ3n) is 3.26. The lowest BCUT2D eigenvalue weighted by Gasteiger charge is -2.01. The van der Waals surface area contributed by atoms with Crippen molar-refractivity contribution in [1.29, 1.82) is 0 Å². The van der Waals surface area contributed by atoms with E-state index in [0.717, 1.165) is 22.2 Å². The molecular weight excluding hydrogens is 232 g/mol. The van der Waals surface area contributed by atoms with Gasteiger partial charge in [0, 0.05) is 28.9 Å². The fraction of sp³-hybridized carbons (Fsp3) is 0.118.